The molecule has 1 saturated carbocycles. The van der Waals surface area contributed by atoms with Gasteiger partial charge in [-0.05, 0) is 43.4 Å². The van der Waals surface area contributed by atoms with Crippen molar-refractivity contribution in [3.63, 3.8) is 0 Å². The average Bonchev–Trinajstić information content (AvgIpc) is 2.88. The number of aromatic nitrogens is 3. The molecule has 1 atom stereocenters. The summed E-state index contributed by atoms with van der Waals surface area (Å²) in [6.07, 6.45) is 11.8. The van der Waals surface area contributed by atoms with Crippen LogP contribution in [0, 0.1) is 5.41 Å². The van der Waals surface area contributed by atoms with Crippen molar-refractivity contribution in [1.82, 2.24) is 15.2 Å². The molecule has 3 nitrogen and oxygen atoms in total. The standard InChI is InChI=1S/C18H19ClIN3/c1-11-7-12(9-13(8-11)18(10-20)4-2-5-18)14-3-6-21-17-15(14)16(19)22-23-17/h3,6,8-9,12H,2,4-5,7,10H2,1H3,(H,21,22,23). The smallest absolute Gasteiger partial charge is 0.182 e. The highest BCUT2D eigenvalue weighted by Gasteiger charge is 2.39. The normalized spacial score (nSPS) is 23.3. The number of aromatic amines is 1. The molecule has 1 unspecified atom stereocenters. The predicted molar refractivity (Wildman–Crippen MR) is 103 cm³/mol. The Kier molecular flexibility index (Phi) is 4.00. The van der Waals surface area contributed by atoms with Crippen LogP contribution < -0.4 is 0 Å². The van der Waals surface area contributed by atoms with Crippen LogP contribution in [0.15, 0.2) is 35.6 Å². The Morgan fingerprint density at radius 2 is 2.26 bits per heavy atom. The minimum absolute atomic E-state index is 0.357. The molecule has 0 spiro atoms. The van der Waals surface area contributed by atoms with Crippen LogP contribution in [0.25, 0.3) is 11.0 Å². The molecule has 1 fully saturated rings. The van der Waals surface area contributed by atoms with Crippen molar-refractivity contribution < 1.29 is 0 Å². The molecular weight excluding hydrogens is 421 g/mol. The summed E-state index contributed by atoms with van der Waals surface area (Å²) in [5.41, 5.74) is 5.32. The van der Waals surface area contributed by atoms with E-state index in [9.17, 15) is 0 Å². The second-order valence-corrected chi connectivity index (χ2v) is 7.97. The predicted octanol–water partition coefficient (Wildman–Crippen LogP) is 5.58. The summed E-state index contributed by atoms with van der Waals surface area (Å²) >= 11 is 8.88. The Labute approximate surface area is 154 Å². The number of pyridine rings is 1. The highest BCUT2D eigenvalue weighted by molar-refractivity contribution is 14.1. The minimum Gasteiger partial charge on any atom is -0.264 e. The molecule has 2 aromatic rings. The molecule has 23 heavy (non-hydrogen) atoms. The number of rotatable bonds is 3. The molecule has 2 aliphatic rings. The zero-order valence-electron chi connectivity index (χ0n) is 13.1. The summed E-state index contributed by atoms with van der Waals surface area (Å²) in [5.74, 6) is 0.357. The first-order chi connectivity index (χ1) is 11.1. The summed E-state index contributed by atoms with van der Waals surface area (Å²) in [6, 6.07) is 2.10. The molecular formula is C18H19ClIN3. The van der Waals surface area contributed by atoms with Crippen molar-refractivity contribution in [2.24, 2.45) is 5.41 Å². The van der Waals surface area contributed by atoms with Gasteiger partial charge in [0.1, 0.15) is 5.15 Å². The van der Waals surface area contributed by atoms with Gasteiger partial charge in [0.15, 0.2) is 5.65 Å². The van der Waals surface area contributed by atoms with Gasteiger partial charge in [0.05, 0.1) is 5.39 Å². The molecule has 2 aliphatic carbocycles. The van der Waals surface area contributed by atoms with E-state index in [1.54, 1.807) is 0 Å². The van der Waals surface area contributed by atoms with Crippen molar-refractivity contribution in [2.45, 2.75) is 38.5 Å². The number of alkyl halides is 1. The van der Waals surface area contributed by atoms with Crippen LogP contribution in [-0.2, 0) is 0 Å². The van der Waals surface area contributed by atoms with Gasteiger partial charge < -0.3 is 0 Å². The maximum Gasteiger partial charge on any atom is 0.182 e. The van der Waals surface area contributed by atoms with E-state index >= 15 is 0 Å². The SMILES string of the molecule is CC1=CC(C2(CI)CCC2)=CC(c2ccnc3n[nH]c(Cl)c23)C1. The Morgan fingerprint density at radius 3 is 2.96 bits per heavy atom. The Balaban J connectivity index is 1.81. The van der Waals surface area contributed by atoms with E-state index in [1.807, 2.05) is 6.20 Å². The number of allylic oxidation sites excluding steroid dienone is 4. The zero-order valence-corrected chi connectivity index (χ0v) is 16.0. The molecule has 0 aliphatic heterocycles. The number of hydrogen-bond acceptors (Lipinski definition) is 2. The number of nitrogens with one attached hydrogen (secondary N) is 1. The monoisotopic (exact) mass is 439 g/mol. The van der Waals surface area contributed by atoms with E-state index in [-0.39, 0.29) is 0 Å². The fourth-order valence-electron chi connectivity index (χ4n) is 3.87. The molecule has 0 bridgehead atoms. The average molecular weight is 440 g/mol. The maximum atomic E-state index is 6.33. The van der Waals surface area contributed by atoms with Crippen LogP contribution in [0.5, 0.6) is 0 Å². The van der Waals surface area contributed by atoms with E-state index in [1.165, 1.54) is 40.4 Å². The summed E-state index contributed by atoms with van der Waals surface area (Å²) < 4.78 is 1.20. The topological polar surface area (TPSA) is 41.6 Å². The summed E-state index contributed by atoms with van der Waals surface area (Å²) in [5, 5.41) is 8.63. The Bertz CT molecular complexity index is 811. The highest BCUT2D eigenvalue weighted by Crippen LogP contribution is 2.51. The second-order valence-electron chi connectivity index (χ2n) is 6.83. The quantitative estimate of drug-likeness (QED) is 0.501. The van der Waals surface area contributed by atoms with E-state index in [0.29, 0.717) is 22.1 Å². The molecule has 4 rings (SSSR count). The molecule has 5 heteroatoms. The fraction of sp³-hybridized carbons (Fsp3) is 0.444. The van der Waals surface area contributed by atoms with E-state index in [0.717, 1.165) is 11.8 Å². The van der Waals surface area contributed by atoms with Crippen LogP contribution >= 0.6 is 34.2 Å². The van der Waals surface area contributed by atoms with Crippen molar-refractivity contribution in [3.05, 3.63) is 46.3 Å². The first-order valence-corrected chi connectivity index (χ1v) is 9.97. The van der Waals surface area contributed by atoms with Crippen molar-refractivity contribution >= 4 is 45.2 Å². The number of nitrogens with zero attached hydrogens (tertiary/aromatic N) is 2. The van der Waals surface area contributed by atoms with Crippen LogP contribution in [0.4, 0.5) is 0 Å². The highest BCUT2D eigenvalue weighted by atomic mass is 127. The van der Waals surface area contributed by atoms with E-state index in [2.05, 4.69) is 62.9 Å². The van der Waals surface area contributed by atoms with Gasteiger partial charge in [-0.3, -0.25) is 5.10 Å². The van der Waals surface area contributed by atoms with Gasteiger partial charge in [-0.15, -0.1) is 0 Å². The van der Waals surface area contributed by atoms with Gasteiger partial charge in [0, 0.05) is 22.0 Å². The van der Waals surface area contributed by atoms with Gasteiger partial charge >= 0.3 is 0 Å². The van der Waals surface area contributed by atoms with Gasteiger partial charge in [-0.25, -0.2) is 4.98 Å². The lowest BCUT2D eigenvalue weighted by Crippen LogP contribution is -2.33. The first-order valence-electron chi connectivity index (χ1n) is 8.07. The number of hydrogen-bond donors (Lipinski definition) is 1. The fourth-order valence-corrected chi connectivity index (χ4v) is 5.31. The third-order valence-electron chi connectivity index (χ3n) is 5.35. The Morgan fingerprint density at radius 1 is 1.43 bits per heavy atom. The number of H-pyrrole nitrogens is 1. The maximum absolute atomic E-state index is 6.33. The van der Waals surface area contributed by atoms with E-state index < -0.39 is 0 Å². The van der Waals surface area contributed by atoms with Gasteiger partial charge in [-0.2, -0.15) is 5.10 Å². The van der Waals surface area contributed by atoms with E-state index in [4.69, 9.17) is 11.6 Å². The van der Waals surface area contributed by atoms with Crippen molar-refractivity contribution in [1.29, 1.82) is 0 Å². The van der Waals surface area contributed by atoms with Crippen LogP contribution in [0.1, 0.15) is 44.1 Å². The minimum atomic E-state index is 0.357. The van der Waals surface area contributed by atoms with Crippen LogP contribution in [0.2, 0.25) is 5.15 Å². The molecule has 120 valence electrons. The van der Waals surface area contributed by atoms with Crippen LogP contribution in [-0.4, -0.2) is 19.6 Å². The molecule has 0 amide bonds. The lowest BCUT2D eigenvalue weighted by atomic mass is 9.63. The molecule has 2 heterocycles. The molecule has 1 N–H and O–H groups in total. The molecule has 0 radical (unpaired) electrons. The summed E-state index contributed by atoms with van der Waals surface area (Å²) in [6.45, 7) is 2.24. The Hall–Kier alpha value is -0.880. The number of halogens is 2. The van der Waals surface area contributed by atoms with Crippen LogP contribution in [0.3, 0.4) is 0 Å². The first kappa shape index (κ1) is 15.6. The van der Waals surface area contributed by atoms with Crippen molar-refractivity contribution in [3.8, 4) is 0 Å². The van der Waals surface area contributed by atoms with Gasteiger partial charge in [0.2, 0.25) is 0 Å². The zero-order chi connectivity index (χ0) is 16.0. The largest absolute Gasteiger partial charge is 0.264 e. The lowest BCUT2D eigenvalue weighted by molar-refractivity contribution is 0.230. The molecule has 0 saturated heterocycles. The summed E-state index contributed by atoms with van der Waals surface area (Å²) in [4.78, 5) is 4.32. The van der Waals surface area contributed by atoms with Gasteiger partial charge in [0.25, 0.3) is 0 Å². The third kappa shape index (κ3) is 2.54. The number of fused-ring (bicyclic) bond motifs is 1. The van der Waals surface area contributed by atoms with Gasteiger partial charge in [-0.1, -0.05) is 58.3 Å². The van der Waals surface area contributed by atoms with Crippen molar-refractivity contribution in [2.75, 3.05) is 4.43 Å². The third-order valence-corrected chi connectivity index (χ3v) is 7.08. The second kappa shape index (κ2) is 5.88. The molecule has 2 aromatic heterocycles. The summed E-state index contributed by atoms with van der Waals surface area (Å²) in [7, 11) is 0. The lowest BCUT2D eigenvalue weighted by Gasteiger charge is -2.43. The molecule has 0 aromatic carbocycles.